The second-order valence-electron chi connectivity index (χ2n) is 25.6. The van der Waals surface area contributed by atoms with E-state index in [2.05, 4.69) is 67.9 Å². The van der Waals surface area contributed by atoms with Crippen LogP contribution in [0.2, 0.25) is 0 Å². The molecule has 101 heavy (non-hydrogen) atoms. The number of carbonyl (C=O) groups is 3. The molecule has 3 unspecified atom stereocenters. The van der Waals surface area contributed by atoms with Crippen molar-refractivity contribution in [1.82, 2.24) is 63.9 Å². The van der Waals surface area contributed by atoms with Crippen LogP contribution >= 0.6 is 0 Å². The predicted octanol–water partition coefficient (Wildman–Crippen LogP) is 11.8. The van der Waals surface area contributed by atoms with E-state index in [-0.39, 0.29) is 42.0 Å². The van der Waals surface area contributed by atoms with E-state index >= 15 is 0 Å². The lowest BCUT2D eigenvalue weighted by molar-refractivity contribution is -0.129. The van der Waals surface area contributed by atoms with Crippen LogP contribution in [0.1, 0.15) is 99.0 Å². The summed E-state index contributed by atoms with van der Waals surface area (Å²) in [7, 11) is 0. The quantitative estimate of drug-likeness (QED) is 0.111. The number of imidazole rings is 3. The number of aryl methyl sites for hydroxylation is 3. The van der Waals surface area contributed by atoms with Gasteiger partial charge in [-0.05, 0) is 177 Å². The Morgan fingerprint density at radius 2 is 0.822 bits per heavy atom. The average Bonchev–Trinajstić information content (AvgIpc) is 1.75. The third kappa shape index (κ3) is 12.4. The standard InChI is InChI=1S/C26H24FN5O.C25H21FN6O2.C25H22FN5O3/c1-17-15-30(16-28-17)23-11-5-18(21-9-10-22(21)23)6-12-24-29-26(33)25(32-14-2-13-31(24)32)19-3-7-20(27)8-4-19;1-16-14-30(15-27-16)21-9-5-17(20-13-28-34-24(20)21)6-10-22-29-25(33)23(32-12-2-11-31(22)32)18-3-7-19(26)8-4-18;1-16-13-29(14-27-16)20-9-5-18(23-24(20)34-15-33-23)6-10-21-28-25(32)22(31-12-2-11-30(21)31)17-3-7-19(26)8-4-17/h3-8,11-12,15-16,25H,2,9-10,13-14H2,1H3;3-10,13-15,23H,2,11-12H2,1H3;3-10,13-14,22H,2,11-12,15H2,1H3/b12-6+;2*10-6+. The van der Waals surface area contributed by atoms with Crippen molar-refractivity contribution in [3.8, 4) is 28.6 Å². The van der Waals surface area contributed by atoms with Gasteiger partial charge in [0, 0.05) is 69.1 Å². The summed E-state index contributed by atoms with van der Waals surface area (Å²) in [5.41, 5.74) is 14.2. The maximum absolute atomic E-state index is 13.4. The molecule has 0 spiro atoms. The Kier molecular flexibility index (Phi) is 17.0. The lowest BCUT2D eigenvalue weighted by Crippen LogP contribution is -2.49. The van der Waals surface area contributed by atoms with Crippen LogP contribution in [0.3, 0.4) is 0 Å². The van der Waals surface area contributed by atoms with Gasteiger partial charge in [0.2, 0.25) is 6.79 Å². The van der Waals surface area contributed by atoms with Crippen LogP contribution in [0.15, 0.2) is 191 Å². The van der Waals surface area contributed by atoms with E-state index in [0.29, 0.717) is 34.6 Å². The first kappa shape index (κ1) is 64.0. The van der Waals surface area contributed by atoms with Gasteiger partial charge >= 0.3 is 0 Å². The minimum Gasteiger partial charge on any atom is -0.453 e. The van der Waals surface area contributed by atoms with E-state index in [1.54, 1.807) is 55.2 Å². The van der Waals surface area contributed by atoms with Gasteiger partial charge in [0.15, 0.2) is 17.1 Å². The van der Waals surface area contributed by atoms with E-state index in [0.717, 1.165) is 133 Å². The molecule has 3 fully saturated rings. The van der Waals surface area contributed by atoms with Crippen molar-refractivity contribution in [1.29, 1.82) is 0 Å². The first-order chi connectivity index (χ1) is 49.2. The zero-order valence-corrected chi connectivity index (χ0v) is 55.4. The second kappa shape index (κ2) is 26.9. The first-order valence-electron chi connectivity index (χ1n) is 33.5. The topological polar surface area (TPSA) is 206 Å². The second-order valence-corrected chi connectivity index (χ2v) is 25.6. The average molecular weight is 1360 g/mol. The van der Waals surface area contributed by atoms with Crippen LogP contribution in [-0.4, -0.2) is 145 Å². The van der Waals surface area contributed by atoms with E-state index in [1.165, 1.54) is 58.8 Å². The fourth-order valence-corrected chi connectivity index (χ4v) is 14.3. The Labute approximate surface area is 578 Å². The first-order valence-corrected chi connectivity index (χ1v) is 33.5. The van der Waals surface area contributed by atoms with Gasteiger partial charge < -0.3 is 27.7 Å². The van der Waals surface area contributed by atoms with Gasteiger partial charge in [-0.1, -0.05) is 65.8 Å². The Morgan fingerprint density at radius 1 is 0.426 bits per heavy atom. The number of benzene rings is 6. The van der Waals surface area contributed by atoms with Crippen LogP contribution in [0, 0.1) is 38.2 Å². The number of hydrazine groups is 3. The number of hydrogen-bond acceptors (Lipinski definition) is 16. The number of ether oxygens (including phenoxy) is 2. The van der Waals surface area contributed by atoms with Crippen LogP contribution in [0.5, 0.6) is 11.5 Å². The zero-order valence-electron chi connectivity index (χ0n) is 55.4. The Hall–Kier alpha value is -11.7. The molecule has 7 aliphatic heterocycles. The lowest BCUT2D eigenvalue weighted by atomic mass is 9.83. The SMILES string of the molecule is Cc1cn(-c2ccc(/C=C/C3=NC(=O)C(c4ccc(F)cc4)N4CCCN34)c3c2CC3)cn1.Cc1cn(-c2ccc(/C=C/C3=NC(=O)C(c4ccc(F)cc4)N4CCCN34)c3c2OCO3)cn1.Cc1cn(-c2ccc(/C=C/C3=NC(=O)C(c4ccc(F)cc4)N4CCCN34)c3cnoc23)cn1. The molecule has 508 valence electrons. The molecule has 11 heterocycles. The molecule has 1 aliphatic carbocycles. The molecule has 22 nitrogen and oxygen atoms in total. The Bertz CT molecular complexity index is 5090. The summed E-state index contributed by atoms with van der Waals surface area (Å²) in [4.78, 5) is 65.1. The summed E-state index contributed by atoms with van der Waals surface area (Å²) in [5, 5.41) is 17.1. The smallest absolute Gasteiger partial charge is 0.271 e. The van der Waals surface area contributed by atoms with Crippen molar-refractivity contribution in [2.24, 2.45) is 15.0 Å². The van der Waals surface area contributed by atoms with E-state index in [9.17, 15) is 27.6 Å². The number of hydrogen-bond donors (Lipinski definition) is 0. The van der Waals surface area contributed by atoms with Gasteiger partial charge in [-0.3, -0.25) is 29.4 Å². The van der Waals surface area contributed by atoms with Crippen molar-refractivity contribution in [2.75, 3.05) is 46.1 Å². The molecule has 25 heteroatoms. The molecule has 0 N–H and O–H groups in total. The maximum Gasteiger partial charge on any atom is 0.271 e. The molecule has 3 saturated heterocycles. The monoisotopic (exact) mass is 1360 g/mol. The molecule has 4 aromatic heterocycles. The van der Waals surface area contributed by atoms with Crippen LogP contribution < -0.4 is 9.47 Å². The van der Waals surface area contributed by atoms with Crippen molar-refractivity contribution in [3.05, 3.63) is 250 Å². The molecule has 10 aromatic rings. The number of halogens is 3. The fourth-order valence-electron chi connectivity index (χ4n) is 14.3. The van der Waals surface area contributed by atoms with Crippen molar-refractivity contribution >= 4 is 64.4 Å². The van der Waals surface area contributed by atoms with Crippen molar-refractivity contribution in [2.45, 2.75) is 71.0 Å². The molecule has 0 radical (unpaired) electrons. The molecular weight excluding hydrogens is 1290 g/mol. The van der Waals surface area contributed by atoms with Gasteiger partial charge in [0.05, 0.1) is 59.0 Å². The van der Waals surface area contributed by atoms with E-state index < -0.39 is 18.1 Å². The molecule has 6 aromatic carbocycles. The minimum absolute atomic E-state index is 0.138. The molecule has 3 amide bonds. The normalized spacial score (nSPS) is 19.5. The molecule has 3 atom stereocenters. The summed E-state index contributed by atoms with van der Waals surface area (Å²) in [6.45, 7) is 10.6. The van der Waals surface area contributed by atoms with E-state index in [4.69, 9.17) is 14.0 Å². The number of aliphatic imine (C=N–C) groups is 3. The molecule has 0 bridgehead atoms. The van der Waals surface area contributed by atoms with Crippen LogP contribution in [-0.2, 0) is 27.2 Å². The largest absolute Gasteiger partial charge is 0.453 e. The third-order valence-electron chi connectivity index (χ3n) is 19.2. The van der Waals surface area contributed by atoms with Crippen molar-refractivity contribution < 1.29 is 41.6 Å². The Morgan fingerprint density at radius 3 is 1.28 bits per heavy atom. The highest BCUT2D eigenvalue weighted by Gasteiger charge is 2.43. The van der Waals surface area contributed by atoms with Gasteiger partial charge in [-0.25, -0.2) is 43.1 Å². The highest BCUT2D eigenvalue weighted by molar-refractivity contribution is 6.09. The summed E-state index contributed by atoms with van der Waals surface area (Å²) in [5.74, 6) is 1.42. The molecule has 0 saturated carbocycles. The number of rotatable bonds is 12. The third-order valence-corrected chi connectivity index (χ3v) is 19.2. The number of amidine groups is 3. The van der Waals surface area contributed by atoms with Crippen LogP contribution in [0.4, 0.5) is 13.2 Å². The summed E-state index contributed by atoms with van der Waals surface area (Å²) >= 11 is 0. The van der Waals surface area contributed by atoms with Gasteiger partial charge in [-0.15, -0.1) is 0 Å². The molecule has 8 aliphatic rings. The van der Waals surface area contributed by atoms with Gasteiger partial charge in [0.25, 0.3) is 17.7 Å². The number of nitrogens with zero attached hydrogens (tertiary/aromatic N) is 16. The highest BCUT2D eigenvalue weighted by atomic mass is 19.1. The zero-order chi connectivity index (χ0) is 69.0. The lowest BCUT2D eigenvalue weighted by Gasteiger charge is -2.38. The Balaban J connectivity index is 0.000000118. The molecular formula is C76H67F3N16O6. The molecule has 18 rings (SSSR count). The van der Waals surface area contributed by atoms with Crippen molar-refractivity contribution in [3.63, 3.8) is 0 Å². The predicted molar refractivity (Wildman–Crippen MR) is 372 cm³/mol. The number of carbonyl (C=O) groups excluding carboxylic acids is 3. The van der Waals surface area contributed by atoms with Crippen LogP contribution in [0.25, 0.3) is 46.3 Å². The van der Waals surface area contributed by atoms with Gasteiger partial charge in [-0.2, -0.15) is 15.0 Å². The maximum atomic E-state index is 13.4. The van der Waals surface area contributed by atoms with E-state index in [1.807, 2.05) is 130 Å². The summed E-state index contributed by atoms with van der Waals surface area (Å²) in [6.07, 6.45) is 29.3. The van der Waals surface area contributed by atoms with Gasteiger partial charge in [0.1, 0.15) is 53.1 Å². The fraction of sp³-hybridized carbons (Fsp3) is 0.237. The number of fused-ring (bicyclic) bond motifs is 6. The summed E-state index contributed by atoms with van der Waals surface area (Å²) in [6, 6.07) is 28.8. The number of amides is 3. The highest BCUT2D eigenvalue weighted by Crippen LogP contribution is 2.43. The minimum atomic E-state index is -0.542. The summed E-state index contributed by atoms with van der Waals surface area (Å²) < 4.78 is 63.1. The number of aromatic nitrogens is 7.